The summed E-state index contributed by atoms with van der Waals surface area (Å²) < 4.78 is 0. The van der Waals surface area contributed by atoms with E-state index in [0.29, 0.717) is 17.9 Å². The van der Waals surface area contributed by atoms with Crippen LogP contribution in [0.3, 0.4) is 0 Å². The smallest absolute Gasteiger partial charge is 0.322 e. The van der Waals surface area contributed by atoms with Crippen molar-refractivity contribution >= 4 is 29.6 Å². The van der Waals surface area contributed by atoms with Gasteiger partial charge in [0.05, 0.1) is 5.56 Å². The third-order valence-electron chi connectivity index (χ3n) is 6.17. The van der Waals surface area contributed by atoms with Gasteiger partial charge in [0, 0.05) is 23.7 Å². The Morgan fingerprint density at radius 3 is 2.45 bits per heavy atom. The molecule has 0 aromatic heterocycles. The highest BCUT2D eigenvalue weighted by atomic mass is 32.2. The molecule has 2 fully saturated rings. The molecule has 7 nitrogen and oxygen atoms in total. The van der Waals surface area contributed by atoms with Crippen molar-refractivity contribution in [2.24, 2.45) is 0 Å². The summed E-state index contributed by atoms with van der Waals surface area (Å²) in [4.78, 5) is 39.9. The van der Waals surface area contributed by atoms with Crippen LogP contribution in [0.2, 0.25) is 0 Å². The van der Waals surface area contributed by atoms with E-state index >= 15 is 0 Å². The third kappa shape index (κ3) is 5.75. The van der Waals surface area contributed by atoms with E-state index in [-0.39, 0.29) is 11.8 Å². The summed E-state index contributed by atoms with van der Waals surface area (Å²) >= 11 is 1.38. The van der Waals surface area contributed by atoms with Crippen molar-refractivity contribution < 1.29 is 14.4 Å². The Morgan fingerprint density at radius 2 is 1.73 bits per heavy atom. The number of nitrogens with zero attached hydrogens (tertiary/aromatic N) is 1. The van der Waals surface area contributed by atoms with Crippen molar-refractivity contribution in [1.82, 2.24) is 20.9 Å². The first kappa shape index (κ1) is 23.3. The molecule has 8 heteroatoms. The fourth-order valence-electron chi connectivity index (χ4n) is 4.20. The number of amides is 4. The molecule has 2 aromatic rings. The maximum absolute atomic E-state index is 13.0. The van der Waals surface area contributed by atoms with Gasteiger partial charge >= 0.3 is 6.03 Å². The van der Waals surface area contributed by atoms with Crippen molar-refractivity contribution in [2.45, 2.75) is 49.7 Å². The molecule has 2 aliphatic rings. The minimum Gasteiger partial charge on any atom is -0.348 e. The highest BCUT2D eigenvalue weighted by Crippen LogP contribution is 2.27. The van der Waals surface area contributed by atoms with Crippen molar-refractivity contribution in [1.29, 1.82) is 0 Å². The van der Waals surface area contributed by atoms with Crippen LogP contribution in [0.15, 0.2) is 53.4 Å². The Morgan fingerprint density at radius 1 is 1.03 bits per heavy atom. The second-order valence-corrected chi connectivity index (χ2v) is 9.83. The molecule has 1 unspecified atom stereocenters. The normalized spacial score (nSPS) is 20.9. The van der Waals surface area contributed by atoms with Crippen molar-refractivity contribution in [2.75, 3.05) is 18.8 Å². The standard InChI is InChI=1S/C25H30N4O3S/c1-25(23(31)27-24(32)28-25)17-33-21-12-6-5-11-20(21)22(30)26-15-18-9-3-4-10-19(18)16-29-13-7-2-8-14-29/h3-6,9-12H,2,7-8,13-17H2,1H3,(H,26,30)(H2,27,28,31,32). The number of benzene rings is 2. The predicted molar refractivity (Wildman–Crippen MR) is 129 cm³/mol. The van der Waals surface area contributed by atoms with Gasteiger partial charge in [-0.2, -0.15) is 0 Å². The average Bonchev–Trinajstić information content (AvgIpc) is 3.09. The number of carbonyl (C=O) groups excluding carboxylic acids is 3. The summed E-state index contributed by atoms with van der Waals surface area (Å²) in [6.07, 6.45) is 3.80. The van der Waals surface area contributed by atoms with Gasteiger partial charge in [-0.1, -0.05) is 42.8 Å². The number of likely N-dealkylation sites (tertiary alicyclic amines) is 1. The summed E-state index contributed by atoms with van der Waals surface area (Å²) in [5, 5.41) is 8.00. The molecule has 4 rings (SSSR count). The molecule has 0 aliphatic carbocycles. The molecule has 2 saturated heterocycles. The highest BCUT2D eigenvalue weighted by Gasteiger charge is 2.41. The minimum absolute atomic E-state index is 0.157. The van der Waals surface area contributed by atoms with Crippen LogP contribution in [0, 0.1) is 0 Å². The maximum atomic E-state index is 13.0. The van der Waals surface area contributed by atoms with Crippen LogP contribution in [-0.2, 0) is 17.9 Å². The first-order valence-corrected chi connectivity index (χ1v) is 12.4. The number of piperidine rings is 1. The molecule has 33 heavy (non-hydrogen) atoms. The van der Waals surface area contributed by atoms with Gasteiger partial charge in [0.2, 0.25) is 0 Å². The molecule has 0 spiro atoms. The lowest BCUT2D eigenvalue weighted by molar-refractivity contribution is -0.122. The Bertz CT molecular complexity index is 1040. The first-order chi connectivity index (χ1) is 15.9. The van der Waals surface area contributed by atoms with E-state index in [9.17, 15) is 14.4 Å². The van der Waals surface area contributed by atoms with Crippen molar-refractivity contribution in [3.63, 3.8) is 0 Å². The van der Waals surface area contributed by atoms with Gasteiger partial charge in [-0.3, -0.25) is 19.8 Å². The number of urea groups is 1. The number of nitrogens with one attached hydrogen (secondary N) is 3. The van der Waals surface area contributed by atoms with Gasteiger partial charge in [-0.15, -0.1) is 11.8 Å². The fourth-order valence-corrected chi connectivity index (χ4v) is 5.34. The number of imide groups is 1. The second kappa shape index (κ2) is 10.4. The van der Waals surface area contributed by atoms with Crippen LogP contribution >= 0.6 is 11.8 Å². The highest BCUT2D eigenvalue weighted by molar-refractivity contribution is 7.99. The molecule has 0 bridgehead atoms. The molecule has 2 heterocycles. The van der Waals surface area contributed by atoms with Gasteiger partial charge in [0.25, 0.3) is 11.8 Å². The Kier molecular flexibility index (Phi) is 7.35. The number of hydrogen-bond donors (Lipinski definition) is 3. The van der Waals surface area contributed by atoms with Crippen LogP contribution in [0.5, 0.6) is 0 Å². The Labute approximate surface area is 198 Å². The summed E-state index contributed by atoms with van der Waals surface area (Å²) in [6, 6.07) is 15.1. The topological polar surface area (TPSA) is 90.5 Å². The van der Waals surface area contributed by atoms with Crippen LogP contribution in [-0.4, -0.2) is 47.1 Å². The van der Waals surface area contributed by atoms with Gasteiger partial charge < -0.3 is 10.6 Å². The molecule has 4 amide bonds. The van der Waals surface area contributed by atoms with E-state index in [0.717, 1.165) is 30.1 Å². The number of rotatable bonds is 8. The van der Waals surface area contributed by atoms with E-state index in [1.807, 2.05) is 24.3 Å². The zero-order chi connectivity index (χ0) is 23.3. The molecule has 2 aliphatic heterocycles. The maximum Gasteiger partial charge on any atom is 0.322 e. The molecule has 174 valence electrons. The minimum atomic E-state index is -1.00. The van der Waals surface area contributed by atoms with Crippen LogP contribution in [0.1, 0.15) is 47.7 Å². The van der Waals surface area contributed by atoms with E-state index in [1.54, 1.807) is 13.0 Å². The lowest BCUT2D eigenvalue weighted by Gasteiger charge is -2.27. The van der Waals surface area contributed by atoms with E-state index in [4.69, 9.17) is 0 Å². The first-order valence-electron chi connectivity index (χ1n) is 11.4. The molecule has 2 aromatic carbocycles. The molecular weight excluding hydrogens is 436 g/mol. The summed E-state index contributed by atoms with van der Waals surface area (Å²) in [6.45, 7) is 5.30. The van der Waals surface area contributed by atoms with E-state index < -0.39 is 11.6 Å². The fraction of sp³-hybridized carbons (Fsp3) is 0.400. The summed E-state index contributed by atoms with van der Waals surface area (Å²) in [5.41, 5.74) is 1.93. The van der Waals surface area contributed by atoms with Crippen LogP contribution in [0.25, 0.3) is 0 Å². The van der Waals surface area contributed by atoms with Crippen molar-refractivity contribution in [3.05, 3.63) is 65.2 Å². The molecule has 0 radical (unpaired) electrons. The number of thioether (sulfide) groups is 1. The van der Waals surface area contributed by atoms with Crippen LogP contribution < -0.4 is 16.0 Å². The van der Waals surface area contributed by atoms with Gasteiger partial charge in [-0.25, -0.2) is 4.79 Å². The summed E-state index contributed by atoms with van der Waals surface area (Å²) in [5.74, 6) is -0.184. The van der Waals surface area contributed by atoms with Gasteiger partial charge in [-0.05, 0) is 56.1 Å². The lowest BCUT2D eigenvalue weighted by Crippen LogP contribution is -2.46. The largest absolute Gasteiger partial charge is 0.348 e. The predicted octanol–water partition coefficient (Wildman–Crippen LogP) is 3.29. The van der Waals surface area contributed by atoms with E-state index in [2.05, 4.69) is 39.0 Å². The molecular formula is C25H30N4O3S. The molecule has 3 N–H and O–H groups in total. The van der Waals surface area contributed by atoms with Gasteiger partial charge in [0.15, 0.2) is 0 Å². The molecule has 1 atom stereocenters. The SMILES string of the molecule is CC1(CSc2ccccc2C(=O)NCc2ccccc2CN2CCCCC2)NC(=O)NC1=O. The Balaban J connectivity index is 1.40. The quantitative estimate of drug-likeness (QED) is 0.410. The monoisotopic (exact) mass is 466 g/mol. The van der Waals surface area contributed by atoms with Gasteiger partial charge in [0.1, 0.15) is 5.54 Å². The summed E-state index contributed by atoms with van der Waals surface area (Å²) in [7, 11) is 0. The van der Waals surface area contributed by atoms with E-state index in [1.165, 1.54) is 36.6 Å². The molecule has 0 saturated carbocycles. The lowest BCUT2D eigenvalue weighted by atomic mass is 10.0. The number of carbonyl (C=O) groups is 3. The van der Waals surface area contributed by atoms with Crippen LogP contribution in [0.4, 0.5) is 4.79 Å². The zero-order valence-corrected chi connectivity index (χ0v) is 19.7. The Hall–Kier alpha value is -2.84. The third-order valence-corrected chi connectivity index (χ3v) is 7.55. The number of hydrogen-bond acceptors (Lipinski definition) is 5. The van der Waals surface area contributed by atoms with Crippen molar-refractivity contribution in [3.8, 4) is 0 Å². The zero-order valence-electron chi connectivity index (χ0n) is 18.9. The average molecular weight is 467 g/mol. The second-order valence-electron chi connectivity index (χ2n) is 8.81.